The number of nitrogens with zero attached hydrogens (tertiary/aromatic N) is 4. The summed E-state index contributed by atoms with van der Waals surface area (Å²) in [5.74, 6) is 0.0480. The third-order valence-electron chi connectivity index (χ3n) is 3.14. The van der Waals surface area contributed by atoms with Gasteiger partial charge in [0.15, 0.2) is 5.82 Å². The Balaban J connectivity index is 1.89. The van der Waals surface area contributed by atoms with Crippen molar-refractivity contribution >= 4 is 22.7 Å². The van der Waals surface area contributed by atoms with Gasteiger partial charge in [0.1, 0.15) is 5.03 Å². The van der Waals surface area contributed by atoms with Crippen LogP contribution >= 0.6 is 11.8 Å². The summed E-state index contributed by atoms with van der Waals surface area (Å²) < 4.78 is 44.0. The third-order valence-corrected chi connectivity index (χ3v) is 4.11. The fourth-order valence-electron chi connectivity index (χ4n) is 2.09. The number of alkyl halides is 3. The number of benzene rings is 1. The number of rotatable bonds is 5. The molecule has 126 valence electrons. The van der Waals surface area contributed by atoms with E-state index in [4.69, 9.17) is 4.52 Å². The van der Waals surface area contributed by atoms with Gasteiger partial charge in [0.25, 0.3) is 0 Å². The van der Waals surface area contributed by atoms with Gasteiger partial charge in [-0.3, -0.25) is 0 Å². The highest BCUT2D eigenvalue weighted by molar-refractivity contribution is 7.98. The first-order chi connectivity index (χ1) is 11.5. The fourth-order valence-corrected chi connectivity index (χ4v) is 2.94. The molecule has 0 N–H and O–H groups in total. The number of aryl methyl sites for hydroxylation is 1. The van der Waals surface area contributed by atoms with E-state index >= 15 is 0 Å². The van der Waals surface area contributed by atoms with Crippen LogP contribution in [0, 0.1) is 0 Å². The molecule has 9 heteroatoms. The molecule has 0 aliphatic rings. The molecule has 5 nitrogen and oxygen atoms in total. The highest BCUT2D eigenvalue weighted by atomic mass is 32.2. The van der Waals surface area contributed by atoms with Crippen molar-refractivity contribution in [3.63, 3.8) is 0 Å². The third kappa shape index (κ3) is 3.66. The lowest BCUT2D eigenvalue weighted by Crippen LogP contribution is -2.11. The second-order valence-electron chi connectivity index (χ2n) is 5.01. The van der Waals surface area contributed by atoms with Crippen molar-refractivity contribution in [2.45, 2.75) is 36.7 Å². The molecule has 0 fully saturated rings. The maximum Gasteiger partial charge on any atom is 0.451 e. The summed E-state index contributed by atoms with van der Waals surface area (Å²) in [6, 6.07) is 6.59. The Morgan fingerprint density at radius 1 is 1.12 bits per heavy atom. The van der Waals surface area contributed by atoms with E-state index in [1.807, 2.05) is 6.92 Å². The quantitative estimate of drug-likeness (QED) is 0.503. The molecule has 2 heterocycles. The smallest absolute Gasteiger partial charge is 0.338 e. The Kier molecular flexibility index (Phi) is 4.70. The van der Waals surface area contributed by atoms with Gasteiger partial charge in [-0.25, -0.2) is 9.97 Å². The molecule has 0 bridgehead atoms. The van der Waals surface area contributed by atoms with Gasteiger partial charge in [-0.15, -0.1) is 0 Å². The first kappa shape index (κ1) is 16.7. The normalized spacial score (nSPS) is 12.0. The summed E-state index contributed by atoms with van der Waals surface area (Å²) in [6.07, 6.45) is -3.02. The summed E-state index contributed by atoms with van der Waals surface area (Å²) in [5, 5.41) is 4.62. The summed E-state index contributed by atoms with van der Waals surface area (Å²) >= 11 is 1.12. The van der Waals surface area contributed by atoms with Crippen LogP contribution in [-0.4, -0.2) is 20.1 Å². The second kappa shape index (κ2) is 6.76. The van der Waals surface area contributed by atoms with E-state index in [1.165, 1.54) is 6.07 Å². The van der Waals surface area contributed by atoms with E-state index in [2.05, 4.69) is 20.1 Å². The fraction of sp³-hybridized carbons (Fsp3) is 0.333. The maximum atomic E-state index is 13.0. The Labute approximate surface area is 139 Å². The molecule has 0 atom stereocenters. The predicted octanol–water partition coefficient (Wildman–Crippen LogP) is 4.28. The van der Waals surface area contributed by atoms with Crippen LogP contribution in [-0.2, 0) is 18.3 Å². The lowest BCUT2D eigenvalue weighted by atomic mass is 10.2. The number of hydrogen-bond acceptors (Lipinski definition) is 6. The minimum absolute atomic E-state index is 0.239. The second-order valence-corrected chi connectivity index (χ2v) is 5.97. The van der Waals surface area contributed by atoms with Crippen LogP contribution in [0.5, 0.6) is 0 Å². The van der Waals surface area contributed by atoms with Gasteiger partial charge in [0, 0.05) is 11.8 Å². The zero-order valence-corrected chi connectivity index (χ0v) is 13.5. The summed E-state index contributed by atoms with van der Waals surface area (Å²) in [6.45, 7) is 2.00. The van der Waals surface area contributed by atoms with Crippen LogP contribution in [0.25, 0.3) is 10.9 Å². The molecule has 0 aliphatic heterocycles. The lowest BCUT2D eigenvalue weighted by molar-refractivity contribution is -0.145. The molecular formula is C15H13F3N4OS. The number of thioether (sulfide) groups is 1. The van der Waals surface area contributed by atoms with Crippen molar-refractivity contribution in [3.05, 3.63) is 41.8 Å². The molecular weight excluding hydrogens is 341 g/mol. The molecule has 0 aliphatic carbocycles. The summed E-state index contributed by atoms with van der Waals surface area (Å²) in [7, 11) is 0. The van der Waals surface area contributed by atoms with Gasteiger partial charge in [0.2, 0.25) is 11.7 Å². The van der Waals surface area contributed by atoms with Crippen LogP contribution in [0.15, 0.2) is 33.8 Å². The van der Waals surface area contributed by atoms with Crippen molar-refractivity contribution in [3.8, 4) is 0 Å². The largest absolute Gasteiger partial charge is 0.451 e. The van der Waals surface area contributed by atoms with Gasteiger partial charge in [-0.05, 0) is 12.5 Å². The molecule has 0 spiro atoms. The predicted molar refractivity (Wildman–Crippen MR) is 82.4 cm³/mol. The number of para-hydroxylation sites is 1. The molecule has 1 aromatic carbocycles. The van der Waals surface area contributed by atoms with Crippen molar-refractivity contribution in [1.82, 2.24) is 20.1 Å². The zero-order valence-electron chi connectivity index (χ0n) is 12.7. The molecule has 24 heavy (non-hydrogen) atoms. The van der Waals surface area contributed by atoms with Gasteiger partial charge >= 0.3 is 6.18 Å². The molecule has 0 radical (unpaired) electrons. The summed E-state index contributed by atoms with van der Waals surface area (Å²) in [4.78, 5) is 11.5. The Morgan fingerprint density at radius 2 is 1.92 bits per heavy atom. The van der Waals surface area contributed by atoms with E-state index in [1.54, 1.807) is 18.2 Å². The van der Waals surface area contributed by atoms with E-state index in [0.717, 1.165) is 18.2 Å². The van der Waals surface area contributed by atoms with Crippen molar-refractivity contribution < 1.29 is 17.7 Å². The Hall–Kier alpha value is -2.16. The van der Waals surface area contributed by atoms with Crippen LogP contribution < -0.4 is 0 Å². The summed E-state index contributed by atoms with van der Waals surface area (Å²) in [5.41, 5.74) is 0.250. The maximum absolute atomic E-state index is 13.0. The van der Waals surface area contributed by atoms with Crippen LogP contribution in [0.1, 0.15) is 30.9 Å². The minimum Gasteiger partial charge on any atom is -0.338 e. The van der Waals surface area contributed by atoms with Gasteiger partial charge in [-0.2, -0.15) is 18.2 Å². The van der Waals surface area contributed by atoms with E-state index < -0.39 is 12.0 Å². The van der Waals surface area contributed by atoms with Crippen LogP contribution in [0.4, 0.5) is 13.2 Å². The Bertz CT molecular complexity index is 850. The molecule has 3 rings (SSSR count). The van der Waals surface area contributed by atoms with Gasteiger partial charge in [0.05, 0.1) is 11.3 Å². The molecule has 0 amide bonds. The minimum atomic E-state index is -4.60. The van der Waals surface area contributed by atoms with E-state index in [-0.39, 0.29) is 16.3 Å². The van der Waals surface area contributed by atoms with Crippen LogP contribution in [0.3, 0.4) is 0 Å². The number of fused-ring (bicyclic) bond motifs is 1. The molecule has 2 aromatic heterocycles. The molecule has 0 saturated carbocycles. The first-order valence-corrected chi connectivity index (χ1v) is 8.24. The standard InChI is InChI=1S/C15H13F3N4OS/c1-2-5-11-20-12(23-22-11)8-24-13-9-6-3-4-7-10(9)19-14(21-13)15(16,17)18/h3-4,6-7H,2,5,8H2,1H3. The first-order valence-electron chi connectivity index (χ1n) is 7.25. The molecule has 0 unspecified atom stereocenters. The lowest BCUT2D eigenvalue weighted by Gasteiger charge is -2.09. The zero-order chi connectivity index (χ0) is 17.2. The number of halogens is 3. The number of aromatic nitrogens is 4. The Morgan fingerprint density at radius 3 is 2.67 bits per heavy atom. The van der Waals surface area contributed by atoms with Crippen LogP contribution in [0.2, 0.25) is 0 Å². The van der Waals surface area contributed by atoms with Crippen molar-refractivity contribution in [2.75, 3.05) is 0 Å². The highest BCUT2D eigenvalue weighted by Crippen LogP contribution is 2.33. The van der Waals surface area contributed by atoms with Crippen molar-refractivity contribution in [2.24, 2.45) is 0 Å². The van der Waals surface area contributed by atoms with E-state index in [0.29, 0.717) is 23.5 Å². The molecule has 3 aromatic rings. The van der Waals surface area contributed by atoms with Crippen molar-refractivity contribution in [1.29, 1.82) is 0 Å². The average Bonchev–Trinajstić information content (AvgIpc) is 2.99. The molecule has 0 saturated heterocycles. The topological polar surface area (TPSA) is 64.7 Å². The monoisotopic (exact) mass is 354 g/mol. The van der Waals surface area contributed by atoms with Gasteiger partial charge < -0.3 is 4.52 Å². The van der Waals surface area contributed by atoms with Gasteiger partial charge in [-0.1, -0.05) is 42.0 Å². The highest BCUT2D eigenvalue weighted by Gasteiger charge is 2.35. The average molecular weight is 354 g/mol. The SMILES string of the molecule is CCCc1noc(CSc2nc(C(F)(F)F)nc3ccccc23)n1. The number of hydrogen-bond donors (Lipinski definition) is 0. The van der Waals surface area contributed by atoms with E-state index in [9.17, 15) is 13.2 Å².